The summed E-state index contributed by atoms with van der Waals surface area (Å²) in [7, 11) is 1.49. The molecule has 0 aromatic rings. The average molecular weight is 270 g/mol. The molecule has 2 unspecified atom stereocenters. The van der Waals surface area contributed by atoms with Crippen molar-refractivity contribution in [3.8, 4) is 0 Å². The summed E-state index contributed by atoms with van der Waals surface area (Å²) in [6, 6.07) is 0. The summed E-state index contributed by atoms with van der Waals surface area (Å²) in [4.78, 5) is 14.7. The molecule has 5 heteroatoms. The lowest BCUT2D eigenvalue weighted by molar-refractivity contribution is -0.170. The number of carbonyl (C=O) groups excluding carboxylic acids is 1. The van der Waals surface area contributed by atoms with E-state index in [9.17, 15) is 4.79 Å². The fourth-order valence-electron chi connectivity index (χ4n) is 3.19. The predicted molar refractivity (Wildman–Crippen MR) is 73.0 cm³/mol. The van der Waals surface area contributed by atoms with Crippen LogP contribution in [0.15, 0.2) is 0 Å². The molecule has 0 bridgehead atoms. The third-order valence-corrected chi connectivity index (χ3v) is 4.42. The van der Waals surface area contributed by atoms with Crippen LogP contribution in [0.5, 0.6) is 0 Å². The summed E-state index contributed by atoms with van der Waals surface area (Å²) in [5.74, 6) is 0.329. The number of esters is 1. The van der Waals surface area contributed by atoms with Gasteiger partial charge in [0.25, 0.3) is 0 Å². The van der Waals surface area contributed by atoms with Crippen molar-refractivity contribution < 1.29 is 14.3 Å². The van der Waals surface area contributed by atoms with Crippen molar-refractivity contribution >= 4 is 5.97 Å². The SMILES string of the molecule is COC(=O)C1(N2CCNCC2)CCOC(C(C)C)C1. The molecule has 0 spiro atoms. The normalized spacial score (nSPS) is 33.4. The fourth-order valence-corrected chi connectivity index (χ4v) is 3.19. The van der Waals surface area contributed by atoms with Gasteiger partial charge in [0.2, 0.25) is 0 Å². The van der Waals surface area contributed by atoms with E-state index in [0.29, 0.717) is 12.5 Å². The molecule has 5 nitrogen and oxygen atoms in total. The Morgan fingerprint density at radius 1 is 1.42 bits per heavy atom. The first-order chi connectivity index (χ1) is 9.10. The van der Waals surface area contributed by atoms with Gasteiger partial charge in [-0.1, -0.05) is 13.8 Å². The first kappa shape index (κ1) is 14.8. The molecule has 0 amide bonds. The van der Waals surface area contributed by atoms with E-state index in [1.54, 1.807) is 0 Å². The van der Waals surface area contributed by atoms with Crippen LogP contribution < -0.4 is 5.32 Å². The standard InChI is InChI=1S/C14H26N2O3/c1-11(2)12-10-14(4-9-19-12,13(17)18-3)16-7-5-15-6-8-16/h11-12,15H,4-10H2,1-3H3. The van der Waals surface area contributed by atoms with Gasteiger partial charge in [-0.05, 0) is 12.3 Å². The van der Waals surface area contributed by atoms with Crippen molar-refractivity contribution in [3.63, 3.8) is 0 Å². The van der Waals surface area contributed by atoms with Crippen LogP contribution >= 0.6 is 0 Å². The number of carbonyl (C=O) groups is 1. The van der Waals surface area contributed by atoms with E-state index in [1.807, 2.05) is 0 Å². The molecule has 19 heavy (non-hydrogen) atoms. The second kappa shape index (κ2) is 6.20. The molecule has 1 N–H and O–H groups in total. The number of nitrogens with zero attached hydrogens (tertiary/aromatic N) is 1. The number of hydrogen-bond donors (Lipinski definition) is 1. The third-order valence-electron chi connectivity index (χ3n) is 4.42. The van der Waals surface area contributed by atoms with Gasteiger partial charge in [-0.15, -0.1) is 0 Å². The maximum Gasteiger partial charge on any atom is 0.326 e. The van der Waals surface area contributed by atoms with Crippen LogP contribution in [0.1, 0.15) is 26.7 Å². The van der Waals surface area contributed by atoms with Gasteiger partial charge in [0, 0.05) is 39.2 Å². The zero-order valence-corrected chi connectivity index (χ0v) is 12.3. The number of hydrogen-bond acceptors (Lipinski definition) is 5. The summed E-state index contributed by atoms with van der Waals surface area (Å²) < 4.78 is 10.9. The lowest BCUT2D eigenvalue weighted by Gasteiger charge is -2.48. The van der Waals surface area contributed by atoms with Gasteiger partial charge in [-0.2, -0.15) is 0 Å². The molecule has 110 valence electrons. The van der Waals surface area contributed by atoms with Crippen molar-refractivity contribution in [2.24, 2.45) is 5.92 Å². The van der Waals surface area contributed by atoms with Gasteiger partial charge in [-0.3, -0.25) is 9.69 Å². The lowest BCUT2D eigenvalue weighted by atomic mass is 9.81. The summed E-state index contributed by atoms with van der Waals surface area (Å²) in [6.07, 6.45) is 1.63. The zero-order valence-electron chi connectivity index (χ0n) is 12.3. The lowest BCUT2D eigenvalue weighted by Crippen LogP contribution is -2.64. The molecule has 2 rings (SSSR count). The summed E-state index contributed by atoms with van der Waals surface area (Å²) in [6.45, 7) is 8.62. The molecule has 0 aliphatic carbocycles. The van der Waals surface area contributed by atoms with Gasteiger partial charge in [0.05, 0.1) is 13.2 Å². The number of methoxy groups -OCH3 is 1. The van der Waals surface area contributed by atoms with Crippen LogP contribution in [0, 0.1) is 5.92 Å². The summed E-state index contributed by atoms with van der Waals surface area (Å²) in [5, 5.41) is 3.34. The molecular formula is C14H26N2O3. The first-order valence-corrected chi connectivity index (χ1v) is 7.26. The van der Waals surface area contributed by atoms with Gasteiger partial charge in [-0.25, -0.2) is 0 Å². The number of ether oxygens (including phenoxy) is 2. The molecular weight excluding hydrogens is 244 g/mol. The van der Waals surface area contributed by atoms with Crippen molar-refractivity contribution in [1.82, 2.24) is 10.2 Å². The Bertz CT molecular complexity index is 316. The van der Waals surface area contributed by atoms with Crippen LogP contribution in [-0.4, -0.2) is 62.4 Å². The summed E-state index contributed by atoms with van der Waals surface area (Å²) in [5.41, 5.74) is -0.482. The Morgan fingerprint density at radius 2 is 2.11 bits per heavy atom. The van der Waals surface area contributed by atoms with Gasteiger partial charge in [0.15, 0.2) is 0 Å². The highest BCUT2D eigenvalue weighted by Crippen LogP contribution is 2.35. The molecule has 2 aliphatic heterocycles. The maximum atomic E-state index is 12.4. The second-order valence-corrected chi connectivity index (χ2v) is 5.87. The van der Waals surface area contributed by atoms with Crippen LogP contribution in [0.25, 0.3) is 0 Å². The molecule has 2 heterocycles. The first-order valence-electron chi connectivity index (χ1n) is 7.26. The molecule has 0 saturated carbocycles. The van der Waals surface area contributed by atoms with E-state index in [4.69, 9.17) is 9.47 Å². The quantitative estimate of drug-likeness (QED) is 0.763. The van der Waals surface area contributed by atoms with Gasteiger partial charge in [0.1, 0.15) is 5.54 Å². The predicted octanol–water partition coefficient (Wildman–Crippen LogP) is 0.638. The fraction of sp³-hybridized carbons (Fsp3) is 0.929. The smallest absolute Gasteiger partial charge is 0.326 e. The van der Waals surface area contributed by atoms with E-state index in [2.05, 4.69) is 24.1 Å². The largest absolute Gasteiger partial charge is 0.468 e. The molecule has 0 aromatic heterocycles. The highest BCUT2D eigenvalue weighted by atomic mass is 16.5. The summed E-state index contributed by atoms with van der Waals surface area (Å²) >= 11 is 0. The topological polar surface area (TPSA) is 50.8 Å². The monoisotopic (exact) mass is 270 g/mol. The number of piperazine rings is 1. The Morgan fingerprint density at radius 3 is 2.68 bits per heavy atom. The Balaban J connectivity index is 2.20. The van der Waals surface area contributed by atoms with Crippen LogP contribution in [0.3, 0.4) is 0 Å². The molecule has 2 aliphatic rings. The molecule has 2 fully saturated rings. The van der Waals surface area contributed by atoms with Crippen LogP contribution in [0.4, 0.5) is 0 Å². The van der Waals surface area contributed by atoms with E-state index >= 15 is 0 Å². The van der Waals surface area contributed by atoms with Crippen molar-refractivity contribution in [3.05, 3.63) is 0 Å². The van der Waals surface area contributed by atoms with E-state index in [-0.39, 0.29) is 12.1 Å². The minimum atomic E-state index is -0.482. The van der Waals surface area contributed by atoms with Crippen molar-refractivity contribution in [1.29, 1.82) is 0 Å². The Kier molecular flexibility index (Phi) is 4.81. The van der Waals surface area contributed by atoms with Crippen LogP contribution in [0.2, 0.25) is 0 Å². The van der Waals surface area contributed by atoms with Gasteiger partial charge < -0.3 is 14.8 Å². The molecule has 2 saturated heterocycles. The van der Waals surface area contributed by atoms with Crippen LogP contribution in [-0.2, 0) is 14.3 Å². The highest BCUT2D eigenvalue weighted by molar-refractivity contribution is 5.81. The average Bonchev–Trinajstić information content (AvgIpc) is 2.47. The maximum absolute atomic E-state index is 12.4. The molecule has 0 aromatic carbocycles. The van der Waals surface area contributed by atoms with Crippen molar-refractivity contribution in [2.75, 3.05) is 39.9 Å². The molecule has 0 radical (unpaired) electrons. The number of nitrogens with one attached hydrogen (secondary N) is 1. The minimum absolute atomic E-state index is 0.0941. The van der Waals surface area contributed by atoms with Crippen molar-refractivity contribution in [2.45, 2.75) is 38.3 Å². The van der Waals surface area contributed by atoms with E-state index < -0.39 is 5.54 Å². The second-order valence-electron chi connectivity index (χ2n) is 5.87. The van der Waals surface area contributed by atoms with E-state index in [1.165, 1.54) is 7.11 Å². The third kappa shape index (κ3) is 2.93. The number of rotatable bonds is 3. The molecule has 2 atom stereocenters. The minimum Gasteiger partial charge on any atom is -0.468 e. The zero-order chi connectivity index (χ0) is 13.9. The Hall–Kier alpha value is -0.650. The van der Waals surface area contributed by atoms with E-state index in [0.717, 1.165) is 39.0 Å². The van der Waals surface area contributed by atoms with Gasteiger partial charge >= 0.3 is 5.97 Å². The highest BCUT2D eigenvalue weighted by Gasteiger charge is 2.49. The Labute approximate surface area is 115 Å².